The van der Waals surface area contributed by atoms with Crippen LogP contribution in [0, 0.1) is 0 Å². The standard InChI is InChI=1S/C14H19BrO4/c1-3-6-12(14(17)18-4-2)19-13-10(9-16)7-5-8-11(13)15/h5,7-8,12,16H,3-4,6,9H2,1-2H3. The normalized spacial score (nSPS) is 12.0. The molecule has 1 aromatic rings. The first-order valence-corrected chi connectivity index (χ1v) is 7.14. The molecule has 0 aliphatic rings. The van der Waals surface area contributed by atoms with Crippen LogP contribution < -0.4 is 4.74 Å². The number of carbonyl (C=O) groups excluding carboxylic acids is 1. The second kappa shape index (κ2) is 8.17. The van der Waals surface area contributed by atoms with Gasteiger partial charge in [0.15, 0.2) is 6.10 Å². The van der Waals surface area contributed by atoms with Gasteiger partial charge in [-0.25, -0.2) is 4.79 Å². The van der Waals surface area contributed by atoms with Gasteiger partial charge in [0.25, 0.3) is 0 Å². The molecular formula is C14H19BrO4. The van der Waals surface area contributed by atoms with Gasteiger partial charge in [0.2, 0.25) is 0 Å². The van der Waals surface area contributed by atoms with Crippen LogP contribution in [0.2, 0.25) is 0 Å². The Morgan fingerprint density at radius 2 is 2.16 bits per heavy atom. The number of ether oxygens (including phenoxy) is 2. The van der Waals surface area contributed by atoms with E-state index in [0.717, 1.165) is 6.42 Å². The van der Waals surface area contributed by atoms with E-state index >= 15 is 0 Å². The van der Waals surface area contributed by atoms with Gasteiger partial charge < -0.3 is 14.6 Å². The van der Waals surface area contributed by atoms with E-state index in [9.17, 15) is 9.90 Å². The van der Waals surface area contributed by atoms with Gasteiger partial charge in [0.05, 0.1) is 17.7 Å². The molecule has 106 valence electrons. The van der Waals surface area contributed by atoms with E-state index < -0.39 is 6.10 Å². The maximum absolute atomic E-state index is 11.8. The Labute approximate surface area is 121 Å². The highest BCUT2D eigenvalue weighted by Crippen LogP contribution is 2.30. The van der Waals surface area contributed by atoms with Crippen LogP contribution in [0.5, 0.6) is 5.75 Å². The second-order valence-electron chi connectivity index (χ2n) is 4.03. The summed E-state index contributed by atoms with van der Waals surface area (Å²) >= 11 is 3.37. The third-order valence-corrected chi connectivity index (χ3v) is 3.20. The minimum atomic E-state index is -0.644. The summed E-state index contributed by atoms with van der Waals surface area (Å²) in [6.45, 7) is 3.92. The lowest BCUT2D eigenvalue weighted by atomic mass is 10.2. The van der Waals surface area contributed by atoms with Gasteiger partial charge in [-0.05, 0) is 35.3 Å². The van der Waals surface area contributed by atoms with Gasteiger partial charge in [0, 0.05) is 5.56 Å². The molecule has 0 aliphatic carbocycles. The molecule has 0 aliphatic heterocycles. The first-order valence-electron chi connectivity index (χ1n) is 6.35. The number of esters is 1. The van der Waals surface area contributed by atoms with E-state index in [1.807, 2.05) is 19.1 Å². The van der Waals surface area contributed by atoms with Crippen molar-refractivity contribution in [2.45, 2.75) is 39.4 Å². The van der Waals surface area contributed by atoms with Crippen molar-refractivity contribution in [3.8, 4) is 5.75 Å². The van der Waals surface area contributed by atoms with Gasteiger partial charge in [0.1, 0.15) is 5.75 Å². The second-order valence-corrected chi connectivity index (χ2v) is 4.89. The van der Waals surface area contributed by atoms with Crippen molar-refractivity contribution in [1.82, 2.24) is 0 Å². The summed E-state index contributed by atoms with van der Waals surface area (Å²) in [5, 5.41) is 9.31. The van der Waals surface area contributed by atoms with Crippen LogP contribution in [0.3, 0.4) is 0 Å². The molecule has 1 unspecified atom stereocenters. The Morgan fingerprint density at radius 3 is 2.74 bits per heavy atom. The van der Waals surface area contributed by atoms with Crippen LogP contribution in [0.4, 0.5) is 0 Å². The molecule has 0 aromatic heterocycles. The zero-order valence-corrected chi connectivity index (χ0v) is 12.8. The van der Waals surface area contributed by atoms with Crippen LogP contribution in [-0.4, -0.2) is 23.8 Å². The van der Waals surface area contributed by atoms with E-state index in [2.05, 4.69) is 15.9 Å². The quantitative estimate of drug-likeness (QED) is 0.780. The minimum absolute atomic E-state index is 0.142. The van der Waals surface area contributed by atoms with Crippen molar-refractivity contribution in [2.75, 3.05) is 6.61 Å². The number of rotatable bonds is 7. The molecule has 1 N–H and O–H groups in total. The van der Waals surface area contributed by atoms with Crippen molar-refractivity contribution < 1.29 is 19.4 Å². The first kappa shape index (κ1) is 16.0. The minimum Gasteiger partial charge on any atom is -0.477 e. The number of aliphatic hydroxyl groups excluding tert-OH is 1. The number of benzene rings is 1. The lowest BCUT2D eigenvalue weighted by Crippen LogP contribution is -2.29. The van der Waals surface area contributed by atoms with E-state index in [0.29, 0.717) is 28.8 Å². The van der Waals surface area contributed by atoms with Crippen molar-refractivity contribution in [3.63, 3.8) is 0 Å². The van der Waals surface area contributed by atoms with Gasteiger partial charge in [-0.1, -0.05) is 25.5 Å². The van der Waals surface area contributed by atoms with Gasteiger partial charge in [-0.15, -0.1) is 0 Å². The summed E-state index contributed by atoms with van der Waals surface area (Å²) in [4.78, 5) is 11.8. The number of aliphatic hydroxyl groups is 1. The number of carbonyl (C=O) groups is 1. The smallest absolute Gasteiger partial charge is 0.347 e. The third-order valence-electron chi connectivity index (χ3n) is 2.58. The average Bonchev–Trinajstić information content (AvgIpc) is 2.40. The Balaban J connectivity index is 2.92. The van der Waals surface area contributed by atoms with Crippen LogP contribution in [0.25, 0.3) is 0 Å². The number of hydrogen-bond acceptors (Lipinski definition) is 4. The highest BCUT2D eigenvalue weighted by molar-refractivity contribution is 9.10. The molecule has 1 aromatic carbocycles. The SMILES string of the molecule is CCCC(Oc1c(Br)cccc1CO)C(=O)OCC. The van der Waals surface area contributed by atoms with E-state index in [1.54, 1.807) is 13.0 Å². The van der Waals surface area contributed by atoms with Gasteiger partial charge >= 0.3 is 5.97 Å². The molecular weight excluding hydrogens is 312 g/mol. The zero-order chi connectivity index (χ0) is 14.3. The zero-order valence-electron chi connectivity index (χ0n) is 11.2. The third kappa shape index (κ3) is 4.51. The maximum atomic E-state index is 11.8. The molecule has 0 heterocycles. The molecule has 0 fully saturated rings. The number of para-hydroxylation sites is 1. The molecule has 1 rings (SSSR count). The summed E-state index contributed by atoms with van der Waals surface area (Å²) in [7, 11) is 0. The predicted octanol–water partition coefficient (Wildman–Crippen LogP) is 3.05. The van der Waals surface area contributed by atoms with Crippen molar-refractivity contribution in [3.05, 3.63) is 28.2 Å². The van der Waals surface area contributed by atoms with Crippen molar-refractivity contribution >= 4 is 21.9 Å². The molecule has 0 saturated heterocycles. The lowest BCUT2D eigenvalue weighted by Gasteiger charge is -2.19. The lowest BCUT2D eigenvalue weighted by molar-refractivity contribution is -0.151. The van der Waals surface area contributed by atoms with Crippen LogP contribution in [0.15, 0.2) is 22.7 Å². The fourth-order valence-electron chi connectivity index (χ4n) is 1.67. The van der Waals surface area contributed by atoms with E-state index in [-0.39, 0.29) is 12.6 Å². The fourth-order valence-corrected chi connectivity index (χ4v) is 2.18. The largest absolute Gasteiger partial charge is 0.477 e. The summed E-state index contributed by atoms with van der Waals surface area (Å²) in [5.74, 6) is 0.125. The maximum Gasteiger partial charge on any atom is 0.347 e. The monoisotopic (exact) mass is 330 g/mol. The predicted molar refractivity (Wildman–Crippen MR) is 76.0 cm³/mol. The average molecular weight is 331 g/mol. The molecule has 0 bridgehead atoms. The van der Waals surface area contributed by atoms with Crippen LogP contribution in [0.1, 0.15) is 32.3 Å². The van der Waals surface area contributed by atoms with Crippen molar-refractivity contribution in [1.29, 1.82) is 0 Å². The molecule has 0 spiro atoms. The topological polar surface area (TPSA) is 55.8 Å². The molecule has 0 amide bonds. The first-order chi connectivity index (χ1) is 9.13. The summed E-state index contributed by atoms with van der Waals surface area (Å²) in [5.41, 5.74) is 0.639. The van der Waals surface area contributed by atoms with Crippen LogP contribution >= 0.6 is 15.9 Å². The highest BCUT2D eigenvalue weighted by atomic mass is 79.9. The summed E-state index contributed by atoms with van der Waals surface area (Å²) in [6.07, 6.45) is 0.738. The van der Waals surface area contributed by atoms with E-state index in [4.69, 9.17) is 9.47 Å². The van der Waals surface area contributed by atoms with Gasteiger partial charge in [-0.2, -0.15) is 0 Å². The fraction of sp³-hybridized carbons (Fsp3) is 0.500. The Kier molecular flexibility index (Phi) is 6.87. The van der Waals surface area contributed by atoms with Gasteiger partial charge in [-0.3, -0.25) is 0 Å². The number of hydrogen-bond donors (Lipinski definition) is 1. The Bertz CT molecular complexity index is 420. The molecule has 1 atom stereocenters. The Morgan fingerprint density at radius 1 is 1.42 bits per heavy atom. The molecule has 5 heteroatoms. The summed E-state index contributed by atoms with van der Waals surface area (Å²) < 4.78 is 11.5. The van der Waals surface area contributed by atoms with Crippen LogP contribution in [-0.2, 0) is 16.1 Å². The molecule has 0 saturated carbocycles. The summed E-state index contributed by atoms with van der Waals surface area (Å²) in [6, 6.07) is 5.37. The number of halogens is 1. The molecule has 4 nitrogen and oxygen atoms in total. The van der Waals surface area contributed by atoms with E-state index in [1.165, 1.54) is 0 Å². The van der Waals surface area contributed by atoms with Crippen molar-refractivity contribution in [2.24, 2.45) is 0 Å². The highest BCUT2D eigenvalue weighted by Gasteiger charge is 2.23. The Hall–Kier alpha value is -1.07. The molecule has 19 heavy (non-hydrogen) atoms. The molecule has 0 radical (unpaired) electrons.